The largest absolute Gasteiger partial charge is 0.454 e. The van der Waals surface area contributed by atoms with Gasteiger partial charge in [0.05, 0.1) is 0 Å². The highest BCUT2D eigenvalue weighted by atomic mass is 16.7. The van der Waals surface area contributed by atoms with Gasteiger partial charge in [-0.1, -0.05) is 6.07 Å². The van der Waals surface area contributed by atoms with Crippen molar-refractivity contribution < 1.29 is 9.47 Å². The van der Waals surface area contributed by atoms with E-state index in [2.05, 4.69) is 17.4 Å². The molecule has 0 aliphatic carbocycles. The highest BCUT2D eigenvalue weighted by molar-refractivity contribution is 5.47. The van der Waals surface area contributed by atoms with Gasteiger partial charge in [-0.25, -0.2) is 0 Å². The highest BCUT2D eigenvalue weighted by Gasteiger charge is 2.33. The van der Waals surface area contributed by atoms with Gasteiger partial charge < -0.3 is 20.5 Å². The van der Waals surface area contributed by atoms with Gasteiger partial charge in [0.2, 0.25) is 6.79 Å². The summed E-state index contributed by atoms with van der Waals surface area (Å²) in [6.45, 7) is 3.08. The number of fused-ring (bicyclic) bond motifs is 1. The minimum Gasteiger partial charge on any atom is -0.454 e. The summed E-state index contributed by atoms with van der Waals surface area (Å²) in [7, 11) is 0. The summed E-state index contributed by atoms with van der Waals surface area (Å²) >= 11 is 0. The molecule has 0 aromatic heterocycles. The molecule has 92 valence electrons. The van der Waals surface area contributed by atoms with E-state index in [0.29, 0.717) is 13.3 Å². The van der Waals surface area contributed by atoms with Gasteiger partial charge in [0, 0.05) is 12.0 Å². The Morgan fingerprint density at radius 3 is 2.71 bits per heavy atom. The molecule has 0 amide bonds. The Morgan fingerprint density at radius 2 is 1.94 bits per heavy atom. The third-order valence-corrected chi connectivity index (χ3v) is 3.94. The fourth-order valence-electron chi connectivity index (χ4n) is 2.74. The number of hydrogen-bond donors (Lipinski definition) is 2. The molecule has 2 aliphatic heterocycles. The van der Waals surface area contributed by atoms with Gasteiger partial charge in [-0.15, -0.1) is 0 Å². The van der Waals surface area contributed by atoms with Crippen LogP contribution in [0.4, 0.5) is 0 Å². The molecular weight excluding hydrogens is 216 g/mol. The van der Waals surface area contributed by atoms with E-state index in [9.17, 15) is 0 Å². The van der Waals surface area contributed by atoms with Gasteiger partial charge in [-0.3, -0.25) is 0 Å². The summed E-state index contributed by atoms with van der Waals surface area (Å²) in [5, 5.41) is 3.38. The summed E-state index contributed by atoms with van der Waals surface area (Å²) in [4.78, 5) is 0. The van der Waals surface area contributed by atoms with Crippen molar-refractivity contribution in [2.24, 2.45) is 5.73 Å². The maximum atomic E-state index is 6.02. The van der Waals surface area contributed by atoms with Crippen molar-refractivity contribution in [1.82, 2.24) is 5.32 Å². The van der Waals surface area contributed by atoms with E-state index in [4.69, 9.17) is 15.2 Å². The average molecular weight is 234 g/mol. The van der Waals surface area contributed by atoms with Crippen LogP contribution in [0.15, 0.2) is 18.2 Å². The topological polar surface area (TPSA) is 56.5 Å². The first-order valence-electron chi connectivity index (χ1n) is 6.15. The van der Waals surface area contributed by atoms with Crippen LogP contribution >= 0.6 is 0 Å². The zero-order valence-electron chi connectivity index (χ0n) is 9.87. The Hall–Kier alpha value is -1.26. The molecule has 0 saturated carbocycles. The molecule has 0 radical (unpaired) electrons. The first kappa shape index (κ1) is 10.9. The smallest absolute Gasteiger partial charge is 0.231 e. The number of piperidine rings is 1. The van der Waals surface area contributed by atoms with Crippen LogP contribution in [0, 0.1) is 0 Å². The monoisotopic (exact) mass is 234 g/mol. The number of ether oxygens (including phenoxy) is 2. The van der Waals surface area contributed by atoms with Crippen molar-refractivity contribution in [3.8, 4) is 11.5 Å². The van der Waals surface area contributed by atoms with Gasteiger partial charge in [0.1, 0.15) is 0 Å². The molecule has 1 aromatic rings. The first-order chi connectivity index (χ1) is 8.34. The first-order valence-corrected chi connectivity index (χ1v) is 6.15. The molecular formula is C13H18N2O2. The Morgan fingerprint density at radius 1 is 1.18 bits per heavy atom. The Labute approximate surface area is 101 Å². The molecule has 1 saturated heterocycles. The van der Waals surface area contributed by atoms with Crippen molar-refractivity contribution >= 4 is 0 Å². The van der Waals surface area contributed by atoms with Gasteiger partial charge in [0.15, 0.2) is 11.5 Å². The van der Waals surface area contributed by atoms with Crippen molar-refractivity contribution in [3.05, 3.63) is 23.8 Å². The fourth-order valence-corrected chi connectivity index (χ4v) is 2.74. The van der Waals surface area contributed by atoms with E-state index in [-0.39, 0.29) is 5.41 Å². The number of nitrogens with two attached hydrogens (primary N) is 1. The molecule has 17 heavy (non-hydrogen) atoms. The number of rotatable bonds is 2. The molecule has 4 heteroatoms. The van der Waals surface area contributed by atoms with Gasteiger partial charge in [-0.2, -0.15) is 0 Å². The van der Waals surface area contributed by atoms with E-state index < -0.39 is 0 Å². The molecule has 0 unspecified atom stereocenters. The lowest BCUT2D eigenvalue weighted by molar-refractivity contribution is 0.174. The third-order valence-electron chi connectivity index (χ3n) is 3.94. The molecule has 1 fully saturated rings. The normalized spacial score (nSPS) is 21.5. The van der Waals surface area contributed by atoms with E-state index in [1.807, 2.05) is 6.07 Å². The third kappa shape index (κ3) is 1.77. The van der Waals surface area contributed by atoms with Crippen LogP contribution in [0.5, 0.6) is 11.5 Å². The van der Waals surface area contributed by atoms with Crippen LogP contribution in [-0.4, -0.2) is 26.4 Å². The van der Waals surface area contributed by atoms with Crippen LogP contribution in [0.25, 0.3) is 0 Å². The Bertz CT molecular complexity index is 414. The molecule has 0 spiro atoms. The highest BCUT2D eigenvalue weighted by Crippen LogP contribution is 2.39. The van der Waals surface area contributed by atoms with Crippen LogP contribution in [0.3, 0.4) is 0 Å². The fraction of sp³-hybridized carbons (Fsp3) is 0.538. The summed E-state index contributed by atoms with van der Waals surface area (Å²) < 4.78 is 10.8. The summed E-state index contributed by atoms with van der Waals surface area (Å²) in [6.07, 6.45) is 2.17. The lowest BCUT2D eigenvalue weighted by Gasteiger charge is -2.37. The summed E-state index contributed by atoms with van der Waals surface area (Å²) in [5.74, 6) is 1.70. The van der Waals surface area contributed by atoms with Crippen molar-refractivity contribution in [2.75, 3.05) is 26.4 Å². The number of hydrogen-bond acceptors (Lipinski definition) is 4. The molecule has 0 bridgehead atoms. The second kappa shape index (κ2) is 4.20. The van der Waals surface area contributed by atoms with Crippen molar-refractivity contribution in [1.29, 1.82) is 0 Å². The van der Waals surface area contributed by atoms with Gasteiger partial charge in [0.25, 0.3) is 0 Å². The van der Waals surface area contributed by atoms with Crippen molar-refractivity contribution in [2.45, 2.75) is 18.3 Å². The molecule has 1 aromatic carbocycles. The van der Waals surface area contributed by atoms with Crippen LogP contribution < -0.4 is 20.5 Å². The molecule has 3 rings (SSSR count). The van der Waals surface area contributed by atoms with Crippen LogP contribution in [0.2, 0.25) is 0 Å². The molecule has 4 nitrogen and oxygen atoms in total. The minimum atomic E-state index is 0.103. The Balaban J connectivity index is 1.96. The molecule has 3 N–H and O–H groups in total. The van der Waals surface area contributed by atoms with E-state index in [1.165, 1.54) is 5.56 Å². The quantitative estimate of drug-likeness (QED) is 0.801. The molecule has 2 heterocycles. The van der Waals surface area contributed by atoms with E-state index >= 15 is 0 Å². The Kier molecular flexibility index (Phi) is 2.68. The second-order valence-corrected chi connectivity index (χ2v) is 4.80. The predicted octanol–water partition coefficient (Wildman–Crippen LogP) is 0.995. The van der Waals surface area contributed by atoms with E-state index in [1.54, 1.807) is 0 Å². The lowest BCUT2D eigenvalue weighted by Crippen LogP contribution is -2.44. The maximum Gasteiger partial charge on any atom is 0.231 e. The zero-order valence-corrected chi connectivity index (χ0v) is 9.87. The molecule has 0 atom stereocenters. The second-order valence-electron chi connectivity index (χ2n) is 4.80. The standard InChI is InChI=1S/C13H18N2O2/c14-8-13(3-5-15-6-4-13)10-1-2-11-12(7-10)17-9-16-11/h1-2,7,15H,3-6,8-9,14H2. The summed E-state index contributed by atoms with van der Waals surface area (Å²) in [6, 6.07) is 6.23. The maximum absolute atomic E-state index is 6.02. The minimum absolute atomic E-state index is 0.103. The van der Waals surface area contributed by atoms with Crippen molar-refractivity contribution in [3.63, 3.8) is 0 Å². The van der Waals surface area contributed by atoms with Gasteiger partial charge >= 0.3 is 0 Å². The SMILES string of the molecule is NCC1(c2ccc3c(c2)OCO3)CCNCC1. The predicted molar refractivity (Wildman–Crippen MR) is 65.4 cm³/mol. The lowest BCUT2D eigenvalue weighted by atomic mass is 9.73. The zero-order chi connectivity index (χ0) is 11.7. The van der Waals surface area contributed by atoms with E-state index in [0.717, 1.165) is 37.4 Å². The number of benzene rings is 1. The number of nitrogens with one attached hydrogen (secondary N) is 1. The molecule has 2 aliphatic rings. The van der Waals surface area contributed by atoms with Crippen LogP contribution in [0.1, 0.15) is 18.4 Å². The van der Waals surface area contributed by atoms with Crippen LogP contribution in [-0.2, 0) is 5.41 Å². The average Bonchev–Trinajstić information content (AvgIpc) is 2.86. The summed E-state index contributed by atoms with van der Waals surface area (Å²) in [5.41, 5.74) is 7.40. The van der Waals surface area contributed by atoms with Gasteiger partial charge in [-0.05, 0) is 43.6 Å².